The number of hydrogen-bond donors (Lipinski definition) is 1. The average Bonchev–Trinajstić information content (AvgIpc) is 2.32. The number of benzene rings is 1. The van der Waals surface area contributed by atoms with Gasteiger partial charge in [-0.05, 0) is 30.5 Å². The molecule has 0 aliphatic carbocycles. The highest BCUT2D eigenvalue weighted by molar-refractivity contribution is 6.31. The number of nitrogens with zero attached hydrogens (tertiary/aromatic N) is 1. The predicted molar refractivity (Wildman–Crippen MR) is 75.1 cm³/mol. The summed E-state index contributed by atoms with van der Waals surface area (Å²) in [6.45, 7) is 6.10. The Kier molecular flexibility index (Phi) is 3.44. The summed E-state index contributed by atoms with van der Waals surface area (Å²) in [5, 5.41) is 4.03. The fourth-order valence-electron chi connectivity index (χ4n) is 2.38. The zero-order chi connectivity index (χ0) is 13.4. The number of halogens is 2. The van der Waals surface area contributed by atoms with Crippen LogP contribution in [0.5, 0.6) is 0 Å². The largest absolute Gasteiger partial charge is 0.387 e. The lowest BCUT2D eigenvalue weighted by Crippen LogP contribution is -2.04. The Morgan fingerprint density at radius 1 is 1.33 bits per heavy atom. The van der Waals surface area contributed by atoms with Crippen LogP contribution in [-0.2, 0) is 0 Å². The summed E-state index contributed by atoms with van der Waals surface area (Å²) in [4.78, 5) is 4.37. The maximum atomic E-state index is 14.0. The summed E-state index contributed by atoms with van der Waals surface area (Å²) in [5.74, 6) is -0.132. The van der Waals surface area contributed by atoms with Crippen molar-refractivity contribution in [2.24, 2.45) is 0 Å². The molecule has 0 spiro atoms. The van der Waals surface area contributed by atoms with Gasteiger partial charge in [-0.1, -0.05) is 25.4 Å². The van der Waals surface area contributed by atoms with E-state index in [-0.39, 0.29) is 5.02 Å². The van der Waals surface area contributed by atoms with Gasteiger partial charge in [0.2, 0.25) is 0 Å². The van der Waals surface area contributed by atoms with Gasteiger partial charge in [-0.15, -0.1) is 0 Å². The van der Waals surface area contributed by atoms with E-state index >= 15 is 0 Å². The van der Waals surface area contributed by atoms with Crippen molar-refractivity contribution in [3.05, 3.63) is 34.2 Å². The molecule has 4 heteroatoms. The van der Waals surface area contributed by atoms with Crippen molar-refractivity contribution < 1.29 is 4.39 Å². The third-order valence-corrected chi connectivity index (χ3v) is 3.40. The van der Waals surface area contributed by atoms with Crippen LogP contribution in [0, 0.1) is 12.7 Å². The van der Waals surface area contributed by atoms with Crippen molar-refractivity contribution in [1.29, 1.82) is 0 Å². The summed E-state index contributed by atoms with van der Waals surface area (Å²) in [6, 6.07) is 3.38. The highest BCUT2D eigenvalue weighted by Crippen LogP contribution is 2.35. The normalized spacial score (nSPS) is 11.3. The first-order valence-electron chi connectivity index (χ1n) is 5.93. The van der Waals surface area contributed by atoms with Crippen LogP contribution in [0.2, 0.25) is 5.02 Å². The van der Waals surface area contributed by atoms with E-state index in [9.17, 15) is 4.39 Å². The van der Waals surface area contributed by atoms with Crippen molar-refractivity contribution in [3.63, 3.8) is 0 Å². The molecule has 0 saturated heterocycles. The number of aromatic nitrogens is 1. The predicted octanol–water partition coefficient (Wildman–Crippen LogP) is 4.50. The lowest BCUT2D eigenvalue weighted by molar-refractivity contribution is 0.636. The molecule has 0 amide bonds. The molecule has 1 N–H and O–H groups in total. The van der Waals surface area contributed by atoms with Gasteiger partial charge in [0.25, 0.3) is 0 Å². The van der Waals surface area contributed by atoms with Crippen molar-refractivity contribution in [2.75, 3.05) is 12.4 Å². The molecular formula is C14H16ClFN2. The highest BCUT2D eigenvalue weighted by Gasteiger charge is 2.17. The zero-order valence-corrected chi connectivity index (χ0v) is 11.7. The van der Waals surface area contributed by atoms with E-state index < -0.39 is 5.82 Å². The quantitative estimate of drug-likeness (QED) is 0.866. The van der Waals surface area contributed by atoms with Gasteiger partial charge >= 0.3 is 0 Å². The second-order valence-corrected chi connectivity index (χ2v) is 5.06. The summed E-state index contributed by atoms with van der Waals surface area (Å²) in [5.41, 5.74) is 3.21. The molecule has 1 aromatic heterocycles. The average molecular weight is 267 g/mol. The van der Waals surface area contributed by atoms with E-state index in [1.807, 2.05) is 20.0 Å². The summed E-state index contributed by atoms with van der Waals surface area (Å²) >= 11 is 5.80. The van der Waals surface area contributed by atoms with Gasteiger partial charge in [-0.2, -0.15) is 0 Å². The molecule has 2 nitrogen and oxygen atoms in total. The van der Waals surface area contributed by atoms with Crippen molar-refractivity contribution in [1.82, 2.24) is 4.98 Å². The lowest BCUT2D eigenvalue weighted by atomic mass is 9.96. The molecule has 0 fully saturated rings. The SMILES string of the molecule is CNc1c(C(C)C)c(C)nc2c(F)c(Cl)ccc12. The van der Waals surface area contributed by atoms with Crippen molar-refractivity contribution in [2.45, 2.75) is 26.7 Å². The molecule has 1 aromatic carbocycles. The number of nitrogens with one attached hydrogen (secondary N) is 1. The lowest BCUT2D eigenvalue weighted by Gasteiger charge is -2.18. The van der Waals surface area contributed by atoms with Crippen LogP contribution in [0.4, 0.5) is 10.1 Å². The Labute approximate surface area is 111 Å². The van der Waals surface area contributed by atoms with Gasteiger partial charge in [0.15, 0.2) is 5.82 Å². The monoisotopic (exact) mass is 266 g/mol. The third kappa shape index (κ3) is 1.93. The number of anilines is 1. The molecule has 2 aromatic rings. The van der Waals surface area contributed by atoms with Gasteiger partial charge in [0, 0.05) is 23.8 Å². The van der Waals surface area contributed by atoms with Crippen LogP contribution < -0.4 is 5.32 Å². The number of fused-ring (bicyclic) bond motifs is 1. The standard InChI is InChI=1S/C14H16ClFN2/c1-7(2)11-8(3)18-14-9(13(11)17-4)5-6-10(15)12(14)16/h5-7H,1-4H3,(H,17,18). The van der Waals surface area contributed by atoms with Crippen LogP contribution in [0.15, 0.2) is 12.1 Å². The first-order chi connectivity index (χ1) is 8.47. The second kappa shape index (κ2) is 4.73. The number of aryl methyl sites for hydroxylation is 1. The molecule has 0 aliphatic rings. The molecule has 0 aliphatic heterocycles. The van der Waals surface area contributed by atoms with Gasteiger partial charge in [-0.25, -0.2) is 9.37 Å². The van der Waals surface area contributed by atoms with E-state index in [0.717, 1.165) is 22.3 Å². The first-order valence-corrected chi connectivity index (χ1v) is 6.31. The number of pyridine rings is 1. The highest BCUT2D eigenvalue weighted by atomic mass is 35.5. The van der Waals surface area contributed by atoms with Crippen LogP contribution in [-0.4, -0.2) is 12.0 Å². The molecule has 0 saturated carbocycles. The van der Waals surface area contributed by atoms with E-state index in [1.54, 1.807) is 6.07 Å². The molecule has 0 atom stereocenters. The van der Waals surface area contributed by atoms with Gasteiger partial charge in [-0.3, -0.25) is 0 Å². The number of rotatable bonds is 2. The fourth-order valence-corrected chi connectivity index (χ4v) is 2.53. The first kappa shape index (κ1) is 13.1. The molecule has 1 heterocycles. The van der Waals surface area contributed by atoms with E-state index in [1.165, 1.54) is 0 Å². The molecular weight excluding hydrogens is 251 g/mol. The Morgan fingerprint density at radius 3 is 2.56 bits per heavy atom. The van der Waals surface area contributed by atoms with Gasteiger partial charge in [0.05, 0.1) is 5.02 Å². The Hall–Kier alpha value is -1.35. The Morgan fingerprint density at radius 2 is 2.00 bits per heavy atom. The van der Waals surface area contributed by atoms with Crippen LogP contribution >= 0.6 is 11.6 Å². The van der Waals surface area contributed by atoms with Crippen molar-refractivity contribution >= 4 is 28.2 Å². The summed E-state index contributed by atoms with van der Waals surface area (Å²) in [6.07, 6.45) is 0. The van der Waals surface area contributed by atoms with E-state index in [4.69, 9.17) is 11.6 Å². The maximum Gasteiger partial charge on any atom is 0.168 e. The Balaban J connectivity index is 2.93. The molecule has 0 radical (unpaired) electrons. The minimum absolute atomic E-state index is 0.105. The summed E-state index contributed by atoms with van der Waals surface area (Å²) < 4.78 is 14.0. The van der Waals surface area contributed by atoms with Gasteiger partial charge in [0.1, 0.15) is 5.52 Å². The van der Waals surface area contributed by atoms with Crippen LogP contribution in [0.25, 0.3) is 10.9 Å². The Bertz CT molecular complexity index is 609. The molecule has 2 rings (SSSR count). The molecule has 0 unspecified atom stereocenters. The smallest absolute Gasteiger partial charge is 0.168 e. The minimum Gasteiger partial charge on any atom is -0.387 e. The second-order valence-electron chi connectivity index (χ2n) is 4.65. The van der Waals surface area contributed by atoms with E-state index in [0.29, 0.717) is 11.4 Å². The van der Waals surface area contributed by atoms with Crippen LogP contribution in [0.3, 0.4) is 0 Å². The van der Waals surface area contributed by atoms with E-state index in [2.05, 4.69) is 24.1 Å². The van der Waals surface area contributed by atoms with Gasteiger partial charge < -0.3 is 5.32 Å². The molecule has 0 bridgehead atoms. The number of hydrogen-bond acceptors (Lipinski definition) is 2. The molecule has 18 heavy (non-hydrogen) atoms. The zero-order valence-electron chi connectivity index (χ0n) is 10.9. The van der Waals surface area contributed by atoms with Crippen LogP contribution in [0.1, 0.15) is 31.0 Å². The minimum atomic E-state index is -0.455. The molecule has 96 valence electrons. The fraction of sp³-hybridized carbons (Fsp3) is 0.357. The topological polar surface area (TPSA) is 24.9 Å². The summed E-state index contributed by atoms with van der Waals surface area (Å²) in [7, 11) is 1.84. The third-order valence-electron chi connectivity index (χ3n) is 3.10. The van der Waals surface area contributed by atoms with Crippen molar-refractivity contribution in [3.8, 4) is 0 Å². The maximum absolute atomic E-state index is 14.0.